The van der Waals surface area contributed by atoms with Crippen LogP contribution in [0.2, 0.25) is 0 Å². The van der Waals surface area contributed by atoms with Crippen molar-refractivity contribution in [1.82, 2.24) is 19.5 Å². The molecule has 0 N–H and O–H groups in total. The number of nitriles is 1. The van der Waals surface area contributed by atoms with Gasteiger partial charge in [0, 0.05) is 21.9 Å². The van der Waals surface area contributed by atoms with Crippen molar-refractivity contribution in [2.75, 3.05) is 0 Å². The van der Waals surface area contributed by atoms with Gasteiger partial charge in [0.25, 0.3) is 0 Å². The lowest BCUT2D eigenvalue weighted by Crippen LogP contribution is -2.06. The number of aromatic nitrogens is 4. The number of nitrogens with zero attached hydrogens (tertiary/aromatic N) is 5. The fourth-order valence-electron chi connectivity index (χ4n) is 5.86. The molecule has 8 aromatic rings. The quantitative estimate of drug-likeness (QED) is 0.205. The molecule has 0 unspecified atom stereocenters. The van der Waals surface area contributed by atoms with Gasteiger partial charge in [-0.3, -0.25) is 4.57 Å². The van der Waals surface area contributed by atoms with Crippen LogP contribution >= 0.6 is 0 Å². The zero-order valence-electron chi connectivity index (χ0n) is 24.2. The summed E-state index contributed by atoms with van der Waals surface area (Å²) in [6.07, 6.45) is 0. The molecule has 2 aromatic heterocycles. The second kappa shape index (κ2) is 11.0. The molecule has 0 bridgehead atoms. The third-order valence-corrected chi connectivity index (χ3v) is 8.13. The molecule has 0 aliphatic rings. The Morgan fingerprint density at radius 1 is 0.422 bits per heavy atom. The first-order chi connectivity index (χ1) is 22.2. The number of benzene rings is 6. The van der Waals surface area contributed by atoms with Crippen molar-refractivity contribution in [2.45, 2.75) is 0 Å². The molecule has 8 rings (SSSR count). The summed E-state index contributed by atoms with van der Waals surface area (Å²) in [6.45, 7) is 0. The zero-order valence-corrected chi connectivity index (χ0v) is 24.2. The Kier molecular flexibility index (Phi) is 6.44. The smallest absolute Gasteiger partial charge is 0.238 e. The molecule has 6 aromatic carbocycles. The lowest BCUT2D eigenvalue weighted by atomic mass is 10.0. The third-order valence-electron chi connectivity index (χ3n) is 8.13. The molecule has 5 nitrogen and oxygen atoms in total. The van der Waals surface area contributed by atoms with E-state index in [9.17, 15) is 0 Å². The molecule has 0 spiro atoms. The van der Waals surface area contributed by atoms with Crippen LogP contribution in [0, 0.1) is 11.3 Å². The molecule has 0 saturated heterocycles. The highest BCUT2D eigenvalue weighted by atomic mass is 15.2. The summed E-state index contributed by atoms with van der Waals surface area (Å²) in [5.41, 5.74) is 8.95. The van der Waals surface area contributed by atoms with Crippen LogP contribution in [0.5, 0.6) is 0 Å². The Bertz CT molecular complexity index is 2350. The van der Waals surface area contributed by atoms with E-state index >= 15 is 0 Å². The predicted molar refractivity (Wildman–Crippen MR) is 181 cm³/mol. The maximum atomic E-state index is 9.16. The average Bonchev–Trinajstić information content (AvgIpc) is 3.46. The maximum Gasteiger partial charge on any atom is 0.238 e. The summed E-state index contributed by atoms with van der Waals surface area (Å²) in [7, 11) is 0. The van der Waals surface area contributed by atoms with Crippen molar-refractivity contribution in [3.8, 4) is 57.0 Å². The largest absolute Gasteiger partial charge is 0.278 e. The number of para-hydroxylation sites is 1. The summed E-state index contributed by atoms with van der Waals surface area (Å²) in [6, 6.07) is 53.5. The molecule has 0 atom stereocenters. The molecule has 0 saturated carbocycles. The van der Waals surface area contributed by atoms with Gasteiger partial charge < -0.3 is 0 Å². The summed E-state index contributed by atoms with van der Waals surface area (Å²) in [4.78, 5) is 15.1. The van der Waals surface area contributed by atoms with Crippen LogP contribution < -0.4 is 0 Å². The van der Waals surface area contributed by atoms with Gasteiger partial charge in [-0.15, -0.1) is 0 Å². The van der Waals surface area contributed by atoms with Crippen molar-refractivity contribution in [3.05, 3.63) is 157 Å². The first-order valence-electron chi connectivity index (χ1n) is 14.8. The Hall–Kier alpha value is -6.38. The van der Waals surface area contributed by atoms with Gasteiger partial charge >= 0.3 is 0 Å². The van der Waals surface area contributed by atoms with E-state index < -0.39 is 0 Å². The van der Waals surface area contributed by atoms with Gasteiger partial charge in [-0.1, -0.05) is 121 Å². The van der Waals surface area contributed by atoms with Gasteiger partial charge in [0.15, 0.2) is 11.6 Å². The maximum absolute atomic E-state index is 9.16. The van der Waals surface area contributed by atoms with Crippen LogP contribution in [-0.4, -0.2) is 19.5 Å². The van der Waals surface area contributed by atoms with Crippen molar-refractivity contribution in [3.63, 3.8) is 0 Å². The molecular weight excluding hydrogens is 550 g/mol. The standard InChI is InChI=1S/C40H25N5/c41-26-27-15-17-29(18-16-27)30-19-21-32(22-20-30)39-42-38(31-11-5-2-6-12-31)43-40(44-39)45-36-14-8-7-13-34(36)35-25-33(23-24-37(35)45)28-9-3-1-4-10-28/h1-25H. The van der Waals surface area contributed by atoms with E-state index in [4.69, 9.17) is 20.2 Å². The molecule has 210 valence electrons. The molecule has 0 fully saturated rings. The van der Waals surface area contributed by atoms with Crippen molar-refractivity contribution in [1.29, 1.82) is 5.26 Å². The minimum atomic E-state index is 0.564. The van der Waals surface area contributed by atoms with E-state index in [1.54, 1.807) is 0 Å². The highest BCUT2D eigenvalue weighted by molar-refractivity contribution is 6.10. The minimum absolute atomic E-state index is 0.564. The monoisotopic (exact) mass is 575 g/mol. The van der Waals surface area contributed by atoms with Crippen molar-refractivity contribution in [2.24, 2.45) is 0 Å². The number of rotatable bonds is 5. The number of hydrogen-bond acceptors (Lipinski definition) is 4. The van der Waals surface area contributed by atoms with Crippen LogP contribution in [-0.2, 0) is 0 Å². The van der Waals surface area contributed by atoms with Gasteiger partial charge in [0.05, 0.1) is 22.7 Å². The second-order valence-electron chi connectivity index (χ2n) is 10.9. The van der Waals surface area contributed by atoms with E-state index in [0.717, 1.165) is 49.6 Å². The molecule has 2 heterocycles. The molecule has 0 aliphatic heterocycles. The summed E-state index contributed by atoms with van der Waals surface area (Å²) in [5, 5.41) is 11.4. The second-order valence-corrected chi connectivity index (χ2v) is 10.9. The first-order valence-corrected chi connectivity index (χ1v) is 14.8. The average molecular weight is 576 g/mol. The molecule has 45 heavy (non-hydrogen) atoms. The predicted octanol–water partition coefficient (Wildman–Crippen LogP) is 9.51. The van der Waals surface area contributed by atoms with Crippen LogP contribution in [0.1, 0.15) is 5.56 Å². The lowest BCUT2D eigenvalue weighted by molar-refractivity contribution is 0.953. The van der Waals surface area contributed by atoms with Gasteiger partial charge in [0.1, 0.15) is 0 Å². The van der Waals surface area contributed by atoms with Gasteiger partial charge in [-0.2, -0.15) is 15.2 Å². The molecular formula is C40H25N5. The minimum Gasteiger partial charge on any atom is -0.278 e. The van der Waals surface area contributed by atoms with Crippen LogP contribution in [0.3, 0.4) is 0 Å². The SMILES string of the molecule is N#Cc1ccc(-c2ccc(-c3nc(-c4ccccc4)nc(-n4c5ccccc5c5cc(-c6ccccc6)ccc54)n3)cc2)cc1. The zero-order chi connectivity index (χ0) is 30.2. The molecule has 0 amide bonds. The van der Waals surface area contributed by atoms with E-state index in [1.807, 2.05) is 72.8 Å². The number of fused-ring (bicyclic) bond motifs is 3. The Morgan fingerprint density at radius 3 is 1.58 bits per heavy atom. The third kappa shape index (κ3) is 4.81. The first kappa shape index (κ1) is 26.3. The number of hydrogen-bond donors (Lipinski definition) is 0. The lowest BCUT2D eigenvalue weighted by Gasteiger charge is -2.11. The summed E-state index contributed by atoms with van der Waals surface area (Å²) in [5.74, 6) is 1.77. The Balaban J connectivity index is 1.30. The molecule has 0 radical (unpaired) electrons. The summed E-state index contributed by atoms with van der Waals surface area (Å²) < 4.78 is 2.14. The normalized spacial score (nSPS) is 11.1. The van der Waals surface area contributed by atoms with Gasteiger partial charge in [-0.25, -0.2) is 4.98 Å². The van der Waals surface area contributed by atoms with E-state index in [2.05, 4.69) is 89.5 Å². The fourth-order valence-corrected chi connectivity index (χ4v) is 5.86. The van der Waals surface area contributed by atoms with Gasteiger partial charge in [0.2, 0.25) is 5.95 Å². The molecule has 0 aliphatic carbocycles. The highest BCUT2D eigenvalue weighted by Gasteiger charge is 2.18. The van der Waals surface area contributed by atoms with E-state index in [0.29, 0.717) is 23.2 Å². The highest BCUT2D eigenvalue weighted by Crippen LogP contribution is 2.35. The van der Waals surface area contributed by atoms with Crippen LogP contribution in [0.4, 0.5) is 0 Å². The Morgan fingerprint density at radius 2 is 0.911 bits per heavy atom. The van der Waals surface area contributed by atoms with Gasteiger partial charge in [-0.05, 0) is 52.6 Å². The van der Waals surface area contributed by atoms with E-state index in [1.165, 1.54) is 5.56 Å². The molecule has 5 heteroatoms. The van der Waals surface area contributed by atoms with Crippen LogP contribution in [0.15, 0.2) is 152 Å². The summed E-state index contributed by atoms with van der Waals surface area (Å²) >= 11 is 0. The van der Waals surface area contributed by atoms with Crippen LogP contribution in [0.25, 0.3) is 72.8 Å². The van der Waals surface area contributed by atoms with E-state index in [-0.39, 0.29) is 0 Å². The fraction of sp³-hybridized carbons (Fsp3) is 0. The van der Waals surface area contributed by atoms with Crippen molar-refractivity contribution >= 4 is 21.8 Å². The van der Waals surface area contributed by atoms with Crippen molar-refractivity contribution < 1.29 is 0 Å². The topological polar surface area (TPSA) is 67.4 Å². The Labute approximate surface area is 260 Å².